The minimum absolute atomic E-state index is 0.126. The molecule has 0 spiro atoms. The molecule has 0 amide bonds. The van der Waals surface area contributed by atoms with Crippen molar-refractivity contribution in [3.8, 4) is 0 Å². The Morgan fingerprint density at radius 3 is 2.39 bits per heavy atom. The van der Waals surface area contributed by atoms with E-state index in [1.807, 2.05) is 24.3 Å². The topological polar surface area (TPSA) is 55.5 Å². The molecule has 0 aromatic heterocycles. The monoisotopic (exact) mass is 325 g/mol. The van der Waals surface area contributed by atoms with Gasteiger partial charge in [0.1, 0.15) is 11.7 Å². The number of aliphatic hydroxyl groups is 1. The van der Waals surface area contributed by atoms with E-state index < -0.39 is 24.4 Å². The number of fused-ring (bicyclic) bond motifs is 1. The van der Waals surface area contributed by atoms with E-state index in [0.29, 0.717) is 5.56 Å². The molecule has 6 heteroatoms. The highest BCUT2D eigenvalue weighted by Gasteiger charge is 2.43. The Balaban J connectivity index is 2.56. The third-order valence-corrected chi connectivity index (χ3v) is 3.49. The van der Waals surface area contributed by atoms with Crippen LogP contribution in [0.25, 0.3) is 16.5 Å². The van der Waals surface area contributed by atoms with Gasteiger partial charge in [0.2, 0.25) is 0 Å². The van der Waals surface area contributed by atoms with Crippen molar-refractivity contribution in [2.45, 2.75) is 13.1 Å². The lowest BCUT2D eigenvalue weighted by atomic mass is 10.0. The number of hydrogen-bond acceptors (Lipinski definition) is 3. The standard InChI is InChI=1S/C17H18F3NO2/c1-2-23-16(15(22)14(10-21)17(18,19)20)13-8-7-11-5-3-4-6-12(11)9-13/h3-9,14,22H,2,10,21H2,1H3/b16-15-. The van der Waals surface area contributed by atoms with Gasteiger partial charge >= 0.3 is 6.18 Å². The summed E-state index contributed by atoms with van der Waals surface area (Å²) >= 11 is 0. The molecule has 2 rings (SSSR count). The Labute approximate surface area is 132 Å². The van der Waals surface area contributed by atoms with Crippen LogP contribution in [-0.2, 0) is 4.74 Å². The molecular formula is C17H18F3NO2. The molecule has 0 aliphatic rings. The van der Waals surface area contributed by atoms with Crippen LogP contribution in [0.2, 0.25) is 0 Å². The van der Waals surface area contributed by atoms with Gasteiger partial charge in [0.05, 0.1) is 6.61 Å². The largest absolute Gasteiger partial charge is 0.508 e. The molecule has 0 aliphatic carbocycles. The number of benzene rings is 2. The zero-order valence-electron chi connectivity index (χ0n) is 12.6. The van der Waals surface area contributed by atoms with Crippen molar-refractivity contribution in [3.63, 3.8) is 0 Å². The van der Waals surface area contributed by atoms with Crippen LogP contribution >= 0.6 is 0 Å². The second-order valence-corrected chi connectivity index (χ2v) is 5.04. The van der Waals surface area contributed by atoms with E-state index in [1.165, 1.54) is 0 Å². The number of hydrogen-bond donors (Lipinski definition) is 2. The predicted molar refractivity (Wildman–Crippen MR) is 83.7 cm³/mol. The van der Waals surface area contributed by atoms with Crippen LogP contribution in [0.15, 0.2) is 48.2 Å². The molecule has 0 heterocycles. The lowest BCUT2D eigenvalue weighted by Gasteiger charge is -2.21. The number of ether oxygens (including phenoxy) is 1. The molecule has 0 saturated carbocycles. The van der Waals surface area contributed by atoms with Crippen molar-refractivity contribution in [1.29, 1.82) is 0 Å². The number of nitrogens with two attached hydrogens (primary N) is 1. The fraction of sp³-hybridized carbons (Fsp3) is 0.294. The highest BCUT2D eigenvalue weighted by atomic mass is 19.4. The summed E-state index contributed by atoms with van der Waals surface area (Å²) in [6, 6.07) is 12.5. The van der Waals surface area contributed by atoms with Crippen LogP contribution in [0.5, 0.6) is 0 Å². The molecule has 124 valence electrons. The maximum atomic E-state index is 13.0. The SMILES string of the molecule is CCO/C(=C(\O)C(CN)C(F)(F)F)c1ccc2ccccc2c1. The van der Waals surface area contributed by atoms with Gasteiger partial charge in [0, 0.05) is 12.1 Å². The molecular weight excluding hydrogens is 307 g/mol. The number of rotatable bonds is 5. The van der Waals surface area contributed by atoms with E-state index in [4.69, 9.17) is 10.5 Å². The molecule has 0 bridgehead atoms. The first-order valence-electron chi connectivity index (χ1n) is 7.20. The first kappa shape index (κ1) is 17.1. The van der Waals surface area contributed by atoms with Crippen molar-refractivity contribution in [2.24, 2.45) is 11.7 Å². The molecule has 1 atom stereocenters. The molecule has 1 unspecified atom stereocenters. The minimum atomic E-state index is -4.64. The molecule has 0 radical (unpaired) electrons. The van der Waals surface area contributed by atoms with E-state index in [1.54, 1.807) is 25.1 Å². The van der Waals surface area contributed by atoms with Gasteiger partial charge in [-0.25, -0.2) is 0 Å². The molecule has 0 fully saturated rings. The van der Waals surface area contributed by atoms with Crippen molar-refractivity contribution < 1.29 is 23.0 Å². The maximum Gasteiger partial charge on any atom is 0.400 e. The number of alkyl halides is 3. The fourth-order valence-corrected chi connectivity index (χ4v) is 2.34. The first-order valence-corrected chi connectivity index (χ1v) is 7.20. The van der Waals surface area contributed by atoms with Crippen LogP contribution in [0.3, 0.4) is 0 Å². The Bertz CT molecular complexity index is 710. The molecule has 2 aromatic rings. The number of aliphatic hydroxyl groups excluding tert-OH is 1. The highest BCUT2D eigenvalue weighted by Crippen LogP contribution is 2.35. The molecule has 3 nitrogen and oxygen atoms in total. The summed E-state index contributed by atoms with van der Waals surface area (Å²) in [5, 5.41) is 11.9. The van der Waals surface area contributed by atoms with Crippen molar-refractivity contribution in [1.82, 2.24) is 0 Å². The Hall–Kier alpha value is -2.21. The lowest BCUT2D eigenvalue weighted by Crippen LogP contribution is -2.32. The highest BCUT2D eigenvalue weighted by molar-refractivity contribution is 5.85. The normalized spacial score (nSPS) is 14.5. The van der Waals surface area contributed by atoms with Gasteiger partial charge in [-0.05, 0) is 23.8 Å². The summed E-state index contributed by atoms with van der Waals surface area (Å²) in [5.74, 6) is -3.24. The second-order valence-electron chi connectivity index (χ2n) is 5.04. The Kier molecular flexibility index (Phi) is 5.15. The van der Waals surface area contributed by atoms with Gasteiger partial charge in [0.15, 0.2) is 5.76 Å². The Morgan fingerprint density at radius 1 is 1.17 bits per heavy atom. The molecule has 0 aliphatic heterocycles. The zero-order valence-corrected chi connectivity index (χ0v) is 12.6. The van der Waals surface area contributed by atoms with Crippen molar-refractivity contribution in [2.75, 3.05) is 13.2 Å². The van der Waals surface area contributed by atoms with E-state index in [-0.39, 0.29) is 12.4 Å². The molecule has 23 heavy (non-hydrogen) atoms. The average Bonchev–Trinajstić information content (AvgIpc) is 2.51. The summed E-state index contributed by atoms with van der Waals surface area (Å²) in [4.78, 5) is 0. The Morgan fingerprint density at radius 2 is 1.83 bits per heavy atom. The van der Waals surface area contributed by atoms with Gasteiger partial charge < -0.3 is 15.6 Å². The van der Waals surface area contributed by atoms with E-state index in [9.17, 15) is 18.3 Å². The summed E-state index contributed by atoms with van der Waals surface area (Å²) in [6.07, 6.45) is -4.64. The van der Waals surface area contributed by atoms with Gasteiger partial charge in [-0.2, -0.15) is 13.2 Å². The van der Waals surface area contributed by atoms with Crippen molar-refractivity contribution >= 4 is 16.5 Å². The van der Waals surface area contributed by atoms with Gasteiger partial charge in [-0.15, -0.1) is 0 Å². The smallest absolute Gasteiger partial charge is 0.400 e. The maximum absolute atomic E-state index is 13.0. The summed E-state index contributed by atoms with van der Waals surface area (Å²) in [5.41, 5.74) is 5.57. The predicted octanol–water partition coefficient (Wildman–Crippen LogP) is 4.24. The van der Waals surface area contributed by atoms with Gasteiger partial charge in [-0.3, -0.25) is 0 Å². The third kappa shape index (κ3) is 3.76. The van der Waals surface area contributed by atoms with Crippen LogP contribution < -0.4 is 5.73 Å². The minimum Gasteiger partial charge on any atom is -0.508 e. The quantitative estimate of drug-likeness (QED) is 0.809. The zero-order chi connectivity index (χ0) is 17.0. The number of halogens is 3. The molecule has 0 saturated heterocycles. The van der Waals surface area contributed by atoms with E-state index in [2.05, 4.69) is 0 Å². The fourth-order valence-electron chi connectivity index (χ4n) is 2.34. The van der Waals surface area contributed by atoms with E-state index in [0.717, 1.165) is 10.8 Å². The third-order valence-electron chi connectivity index (χ3n) is 3.49. The average molecular weight is 325 g/mol. The first-order chi connectivity index (χ1) is 10.9. The van der Waals surface area contributed by atoms with Crippen LogP contribution in [0.4, 0.5) is 13.2 Å². The van der Waals surface area contributed by atoms with Gasteiger partial charge in [-0.1, -0.05) is 36.4 Å². The summed E-state index contributed by atoms with van der Waals surface area (Å²) in [7, 11) is 0. The van der Waals surface area contributed by atoms with E-state index >= 15 is 0 Å². The molecule has 2 aromatic carbocycles. The molecule has 3 N–H and O–H groups in total. The second kappa shape index (κ2) is 6.91. The van der Waals surface area contributed by atoms with Crippen LogP contribution in [0, 0.1) is 5.92 Å². The lowest BCUT2D eigenvalue weighted by molar-refractivity contribution is -0.168. The summed E-state index contributed by atoms with van der Waals surface area (Å²) in [6.45, 7) is 1.01. The van der Waals surface area contributed by atoms with Crippen LogP contribution in [0.1, 0.15) is 12.5 Å². The van der Waals surface area contributed by atoms with Gasteiger partial charge in [0.25, 0.3) is 0 Å². The van der Waals surface area contributed by atoms with Crippen molar-refractivity contribution in [3.05, 3.63) is 53.8 Å². The van der Waals surface area contributed by atoms with Crippen LogP contribution in [-0.4, -0.2) is 24.4 Å². The summed E-state index contributed by atoms with van der Waals surface area (Å²) < 4.78 is 44.3.